The molecule has 2 heterocycles. The van der Waals surface area contributed by atoms with E-state index in [0.29, 0.717) is 17.9 Å². The Hall–Kier alpha value is -0.940. The van der Waals surface area contributed by atoms with Gasteiger partial charge >= 0.3 is 0 Å². The number of aliphatic hydroxyl groups excluding tert-OH is 1. The molecule has 1 fully saturated rings. The van der Waals surface area contributed by atoms with E-state index in [2.05, 4.69) is 28.9 Å². The van der Waals surface area contributed by atoms with Crippen molar-refractivity contribution in [3.05, 3.63) is 11.7 Å². The van der Waals surface area contributed by atoms with Crippen molar-refractivity contribution in [1.29, 1.82) is 0 Å². The molecule has 1 aliphatic rings. The molecular formula is C12H21N3O2. The van der Waals surface area contributed by atoms with Gasteiger partial charge in [-0.3, -0.25) is 0 Å². The number of aromatic nitrogens is 2. The summed E-state index contributed by atoms with van der Waals surface area (Å²) in [5, 5.41) is 13.2. The van der Waals surface area contributed by atoms with Gasteiger partial charge in [-0.05, 0) is 39.7 Å². The molecule has 1 aromatic rings. The number of likely N-dealkylation sites (tertiary alicyclic amines) is 1. The molecule has 1 N–H and O–H groups in total. The summed E-state index contributed by atoms with van der Waals surface area (Å²) >= 11 is 0. The molecule has 2 unspecified atom stereocenters. The Morgan fingerprint density at radius 2 is 2.24 bits per heavy atom. The molecule has 2 rings (SSSR count). The normalized spacial score (nSPS) is 23.5. The van der Waals surface area contributed by atoms with Crippen LogP contribution in [0.4, 0.5) is 0 Å². The molecular weight excluding hydrogens is 218 g/mol. The van der Waals surface area contributed by atoms with E-state index in [4.69, 9.17) is 4.52 Å². The molecule has 2 atom stereocenters. The van der Waals surface area contributed by atoms with Gasteiger partial charge in [-0.25, -0.2) is 0 Å². The predicted molar refractivity (Wildman–Crippen MR) is 63.5 cm³/mol. The quantitative estimate of drug-likeness (QED) is 0.860. The smallest absolute Gasteiger partial charge is 0.255 e. The van der Waals surface area contributed by atoms with Crippen molar-refractivity contribution >= 4 is 0 Å². The number of hydrogen-bond donors (Lipinski definition) is 1. The maximum atomic E-state index is 9.31. The van der Waals surface area contributed by atoms with Gasteiger partial charge in [0.1, 0.15) is 6.10 Å². The zero-order valence-electron chi connectivity index (χ0n) is 10.8. The number of nitrogens with zero attached hydrogens (tertiary/aromatic N) is 3. The lowest BCUT2D eigenvalue weighted by Gasteiger charge is -2.19. The average Bonchev–Trinajstić information content (AvgIpc) is 2.87. The van der Waals surface area contributed by atoms with Crippen LogP contribution in [0.1, 0.15) is 45.0 Å². The summed E-state index contributed by atoms with van der Waals surface area (Å²) in [6.07, 6.45) is 1.36. The minimum absolute atomic E-state index is 0.318. The molecule has 5 heteroatoms. The van der Waals surface area contributed by atoms with Crippen LogP contribution in [-0.2, 0) is 6.42 Å². The SMILES string of the molecule is CC(O)c1nc(CC2CCN(C(C)C)C2)no1. The lowest BCUT2D eigenvalue weighted by molar-refractivity contribution is 0.151. The highest BCUT2D eigenvalue weighted by Gasteiger charge is 2.25. The Balaban J connectivity index is 1.89. The first kappa shape index (κ1) is 12.5. The zero-order chi connectivity index (χ0) is 12.4. The summed E-state index contributed by atoms with van der Waals surface area (Å²) in [7, 11) is 0. The van der Waals surface area contributed by atoms with Gasteiger partial charge in [-0.1, -0.05) is 5.16 Å². The molecule has 5 nitrogen and oxygen atoms in total. The fourth-order valence-corrected chi connectivity index (χ4v) is 2.28. The second-order valence-corrected chi connectivity index (χ2v) is 5.17. The Morgan fingerprint density at radius 1 is 1.47 bits per heavy atom. The molecule has 0 radical (unpaired) electrons. The van der Waals surface area contributed by atoms with Crippen LogP contribution in [0.5, 0.6) is 0 Å². The van der Waals surface area contributed by atoms with Crippen LogP contribution < -0.4 is 0 Å². The summed E-state index contributed by atoms with van der Waals surface area (Å²) in [6, 6.07) is 0.610. The lowest BCUT2D eigenvalue weighted by atomic mass is 10.1. The van der Waals surface area contributed by atoms with Crippen LogP contribution in [-0.4, -0.2) is 39.3 Å². The second kappa shape index (κ2) is 5.14. The van der Waals surface area contributed by atoms with E-state index in [1.807, 2.05) is 0 Å². The molecule has 1 saturated heterocycles. The summed E-state index contributed by atoms with van der Waals surface area (Å²) < 4.78 is 4.99. The summed E-state index contributed by atoms with van der Waals surface area (Å²) in [6.45, 7) is 8.34. The van der Waals surface area contributed by atoms with Crippen molar-refractivity contribution in [2.45, 2.75) is 45.8 Å². The van der Waals surface area contributed by atoms with Crippen molar-refractivity contribution in [1.82, 2.24) is 15.0 Å². The Bertz CT molecular complexity index is 362. The minimum atomic E-state index is -0.674. The molecule has 0 amide bonds. The molecule has 0 aromatic carbocycles. The zero-order valence-corrected chi connectivity index (χ0v) is 10.8. The third-order valence-electron chi connectivity index (χ3n) is 3.36. The van der Waals surface area contributed by atoms with Crippen LogP contribution in [0.2, 0.25) is 0 Å². The monoisotopic (exact) mass is 239 g/mol. The van der Waals surface area contributed by atoms with Gasteiger partial charge in [0.2, 0.25) is 0 Å². The summed E-state index contributed by atoms with van der Waals surface area (Å²) in [5.74, 6) is 1.65. The van der Waals surface area contributed by atoms with Gasteiger partial charge < -0.3 is 14.5 Å². The molecule has 17 heavy (non-hydrogen) atoms. The van der Waals surface area contributed by atoms with E-state index < -0.39 is 6.10 Å². The molecule has 0 spiro atoms. The molecule has 1 aliphatic heterocycles. The van der Waals surface area contributed by atoms with Crippen molar-refractivity contribution in [2.75, 3.05) is 13.1 Å². The van der Waals surface area contributed by atoms with E-state index in [1.54, 1.807) is 6.92 Å². The summed E-state index contributed by atoms with van der Waals surface area (Å²) in [5.41, 5.74) is 0. The lowest BCUT2D eigenvalue weighted by Crippen LogP contribution is -2.28. The van der Waals surface area contributed by atoms with Crippen LogP contribution in [0.15, 0.2) is 4.52 Å². The Morgan fingerprint density at radius 3 is 2.76 bits per heavy atom. The highest BCUT2D eigenvalue weighted by atomic mass is 16.5. The van der Waals surface area contributed by atoms with Crippen molar-refractivity contribution in [2.24, 2.45) is 5.92 Å². The topological polar surface area (TPSA) is 62.4 Å². The highest BCUT2D eigenvalue weighted by Crippen LogP contribution is 2.22. The Labute approximate surface area is 102 Å². The van der Waals surface area contributed by atoms with E-state index in [-0.39, 0.29) is 0 Å². The van der Waals surface area contributed by atoms with Crippen molar-refractivity contribution < 1.29 is 9.63 Å². The molecule has 0 saturated carbocycles. The van der Waals surface area contributed by atoms with Gasteiger partial charge in [0.15, 0.2) is 5.82 Å². The fourth-order valence-electron chi connectivity index (χ4n) is 2.28. The van der Waals surface area contributed by atoms with Crippen LogP contribution in [0.3, 0.4) is 0 Å². The standard InChI is InChI=1S/C12H21N3O2/c1-8(2)15-5-4-10(7-15)6-11-13-12(9(3)16)17-14-11/h8-10,16H,4-7H2,1-3H3. The van der Waals surface area contributed by atoms with Crippen molar-refractivity contribution in [3.8, 4) is 0 Å². The van der Waals surface area contributed by atoms with E-state index in [9.17, 15) is 5.11 Å². The van der Waals surface area contributed by atoms with Gasteiger partial charge in [-0.2, -0.15) is 4.98 Å². The third kappa shape index (κ3) is 3.04. The maximum absolute atomic E-state index is 9.31. The maximum Gasteiger partial charge on any atom is 0.255 e. The summed E-state index contributed by atoms with van der Waals surface area (Å²) in [4.78, 5) is 6.67. The van der Waals surface area contributed by atoms with Gasteiger partial charge in [0.05, 0.1) is 0 Å². The highest BCUT2D eigenvalue weighted by molar-refractivity contribution is 4.92. The second-order valence-electron chi connectivity index (χ2n) is 5.17. The third-order valence-corrected chi connectivity index (χ3v) is 3.36. The van der Waals surface area contributed by atoms with E-state index in [0.717, 1.165) is 25.3 Å². The van der Waals surface area contributed by atoms with E-state index in [1.165, 1.54) is 6.42 Å². The van der Waals surface area contributed by atoms with Crippen molar-refractivity contribution in [3.63, 3.8) is 0 Å². The van der Waals surface area contributed by atoms with Crippen LogP contribution >= 0.6 is 0 Å². The fraction of sp³-hybridized carbons (Fsp3) is 0.833. The Kier molecular flexibility index (Phi) is 3.79. The predicted octanol–water partition coefficient (Wildman–Crippen LogP) is 1.40. The van der Waals surface area contributed by atoms with Crippen LogP contribution in [0, 0.1) is 5.92 Å². The van der Waals surface area contributed by atoms with Gasteiger partial charge in [0.25, 0.3) is 5.89 Å². The number of hydrogen-bond acceptors (Lipinski definition) is 5. The number of rotatable bonds is 4. The van der Waals surface area contributed by atoms with Gasteiger partial charge in [-0.15, -0.1) is 0 Å². The molecule has 1 aromatic heterocycles. The molecule has 0 aliphatic carbocycles. The average molecular weight is 239 g/mol. The molecule has 96 valence electrons. The number of aliphatic hydroxyl groups is 1. The first-order chi connectivity index (χ1) is 8.06. The van der Waals surface area contributed by atoms with E-state index >= 15 is 0 Å². The van der Waals surface area contributed by atoms with Gasteiger partial charge in [0, 0.05) is 19.0 Å². The van der Waals surface area contributed by atoms with Crippen LogP contribution in [0.25, 0.3) is 0 Å². The first-order valence-corrected chi connectivity index (χ1v) is 6.31. The molecule has 0 bridgehead atoms. The first-order valence-electron chi connectivity index (χ1n) is 6.31. The largest absolute Gasteiger partial charge is 0.384 e. The minimum Gasteiger partial charge on any atom is -0.384 e.